The van der Waals surface area contributed by atoms with Crippen molar-refractivity contribution in [3.8, 4) is 0 Å². The fraction of sp³-hybridized carbons (Fsp3) is 0.450. The molecule has 0 N–H and O–H groups in total. The lowest BCUT2D eigenvalue weighted by molar-refractivity contribution is -0.147. The van der Waals surface area contributed by atoms with Gasteiger partial charge in [-0.25, -0.2) is 9.59 Å². The molecule has 0 bridgehead atoms. The van der Waals surface area contributed by atoms with Gasteiger partial charge in [-0.2, -0.15) is 0 Å². The van der Waals surface area contributed by atoms with Gasteiger partial charge in [0.1, 0.15) is 11.9 Å². The van der Waals surface area contributed by atoms with Crippen molar-refractivity contribution in [3.63, 3.8) is 0 Å². The predicted octanol–water partition coefficient (Wildman–Crippen LogP) is 3.04. The van der Waals surface area contributed by atoms with Crippen LogP contribution in [0.5, 0.6) is 0 Å². The first-order chi connectivity index (χ1) is 13.0. The zero-order chi connectivity index (χ0) is 19.6. The Balaban J connectivity index is 2.11. The van der Waals surface area contributed by atoms with Crippen LogP contribution in [0.15, 0.2) is 30.4 Å². The van der Waals surface area contributed by atoms with Crippen LogP contribution in [0.4, 0.5) is 5.69 Å². The highest BCUT2D eigenvalue weighted by Gasteiger charge is 2.48. The second kappa shape index (κ2) is 8.13. The van der Waals surface area contributed by atoms with Gasteiger partial charge in [-0.3, -0.25) is 9.69 Å². The number of anilines is 1. The van der Waals surface area contributed by atoms with E-state index in [9.17, 15) is 14.4 Å². The van der Waals surface area contributed by atoms with Crippen LogP contribution in [0.2, 0.25) is 0 Å². The second-order valence-electron chi connectivity index (χ2n) is 6.44. The molecule has 1 amide bonds. The minimum atomic E-state index is -0.739. The standard InChI is InChI=1S/C20H22ClNO5/c1-3-26-19(24)12-8-9-16-15(10-12)13-6-5-7-14(13)18(20(25)27-4-2)22(16)17(23)11-21/h5-6,8-10,13-14,18H,3-4,7,11H2,1-2H3. The summed E-state index contributed by atoms with van der Waals surface area (Å²) in [6.45, 7) is 4.00. The molecule has 3 rings (SSSR count). The highest BCUT2D eigenvalue weighted by Crippen LogP contribution is 2.48. The summed E-state index contributed by atoms with van der Waals surface area (Å²) < 4.78 is 10.3. The van der Waals surface area contributed by atoms with Crippen LogP contribution >= 0.6 is 11.6 Å². The molecular weight excluding hydrogens is 370 g/mol. The fourth-order valence-corrected chi connectivity index (χ4v) is 4.05. The van der Waals surface area contributed by atoms with Crippen molar-refractivity contribution in [1.82, 2.24) is 0 Å². The predicted molar refractivity (Wildman–Crippen MR) is 101 cm³/mol. The van der Waals surface area contributed by atoms with Crippen molar-refractivity contribution in [2.24, 2.45) is 5.92 Å². The summed E-state index contributed by atoms with van der Waals surface area (Å²) in [7, 11) is 0. The number of nitrogens with zero attached hydrogens (tertiary/aromatic N) is 1. The number of rotatable bonds is 5. The Morgan fingerprint density at radius 1 is 1.19 bits per heavy atom. The van der Waals surface area contributed by atoms with Crippen molar-refractivity contribution in [2.45, 2.75) is 32.2 Å². The molecule has 1 heterocycles. The van der Waals surface area contributed by atoms with Crippen LogP contribution in [0.3, 0.4) is 0 Å². The number of halogens is 1. The Labute approximate surface area is 163 Å². The molecule has 7 heteroatoms. The molecule has 2 aliphatic rings. The minimum Gasteiger partial charge on any atom is -0.464 e. The van der Waals surface area contributed by atoms with Crippen LogP contribution in [-0.2, 0) is 19.1 Å². The number of esters is 2. The fourth-order valence-electron chi connectivity index (χ4n) is 3.92. The largest absolute Gasteiger partial charge is 0.464 e. The molecule has 1 aliphatic carbocycles. The van der Waals surface area contributed by atoms with Crippen molar-refractivity contribution in [1.29, 1.82) is 0 Å². The summed E-state index contributed by atoms with van der Waals surface area (Å²) in [6.07, 6.45) is 4.66. The minimum absolute atomic E-state index is 0.0804. The van der Waals surface area contributed by atoms with Gasteiger partial charge in [-0.05, 0) is 44.0 Å². The molecule has 6 nitrogen and oxygen atoms in total. The summed E-state index contributed by atoms with van der Waals surface area (Å²) in [4.78, 5) is 38.9. The maximum Gasteiger partial charge on any atom is 0.338 e. The third-order valence-corrected chi connectivity index (χ3v) is 5.19. The highest BCUT2D eigenvalue weighted by molar-refractivity contribution is 6.30. The average molecular weight is 392 g/mol. The number of alkyl halides is 1. The molecule has 27 heavy (non-hydrogen) atoms. The van der Waals surface area contributed by atoms with E-state index in [1.807, 2.05) is 12.2 Å². The van der Waals surface area contributed by atoms with Gasteiger partial charge < -0.3 is 9.47 Å². The number of allylic oxidation sites excluding steroid dienone is 2. The van der Waals surface area contributed by atoms with Crippen molar-refractivity contribution < 1.29 is 23.9 Å². The van der Waals surface area contributed by atoms with E-state index in [-0.39, 0.29) is 36.8 Å². The van der Waals surface area contributed by atoms with Gasteiger partial charge in [0.15, 0.2) is 0 Å². The number of carbonyl (C=O) groups excluding carboxylic acids is 3. The summed E-state index contributed by atoms with van der Waals surface area (Å²) in [6, 6.07) is 4.29. The Kier molecular flexibility index (Phi) is 5.85. The first-order valence-electron chi connectivity index (χ1n) is 9.05. The molecule has 3 unspecified atom stereocenters. The lowest BCUT2D eigenvalue weighted by atomic mass is 9.77. The Bertz CT molecular complexity index is 791. The SMILES string of the molecule is CCOC(=O)c1ccc2c(c1)C1C=CCC1C(C(=O)OCC)N2C(=O)CCl. The number of fused-ring (bicyclic) bond motifs is 3. The first-order valence-corrected chi connectivity index (χ1v) is 9.59. The number of amides is 1. The molecule has 0 saturated heterocycles. The van der Waals surface area contributed by atoms with Crippen molar-refractivity contribution in [2.75, 3.05) is 24.0 Å². The summed E-state index contributed by atoms with van der Waals surface area (Å²) >= 11 is 5.83. The van der Waals surface area contributed by atoms with Crippen LogP contribution in [0.1, 0.15) is 42.1 Å². The summed E-state index contributed by atoms with van der Waals surface area (Å²) in [5.41, 5.74) is 1.82. The molecule has 0 aromatic heterocycles. The molecular formula is C20H22ClNO5. The van der Waals surface area contributed by atoms with Gasteiger partial charge in [-0.15, -0.1) is 11.6 Å². The molecule has 0 spiro atoms. The molecule has 0 saturated carbocycles. The molecule has 1 aliphatic heterocycles. The van der Waals surface area contributed by atoms with E-state index in [4.69, 9.17) is 21.1 Å². The Morgan fingerprint density at radius 3 is 2.59 bits per heavy atom. The lowest BCUT2D eigenvalue weighted by Gasteiger charge is -2.42. The van der Waals surface area contributed by atoms with E-state index in [0.717, 1.165) is 5.56 Å². The molecule has 1 aromatic rings. The molecule has 3 atom stereocenters. The third kappa shape index (κ3) is 3.46. The summed E-state index contributed by atoms with van der Waals surface area (Å²) in [5.74, 6) is -1.70. The molecule has 144 valence electrons. The number of carbonyl (C=O) groups is 3. The van der Waals surface area contributed by atoms with Crippen LogP contribution < -0.4 is 4.90 Å². The van der Waals surface area contributed by atoms with E-state index < -0.39 is 18.0 Å². The molecule has 0 radical (unpaired) electrons. The number of hydrogen-bond donors (Lipinski definition) is 0. The maximum atomic E-state index is 12.7. The number of benzene rings is 1. The van der Waals surface area contributed by atoms with Crippen molar-refractivity contribution >= 4 is 35.1 Å². The maximum absolute atomic E-state index is 12.7. The van der Waals surface area contributed by atoms with Gasteiger partial charge in [0.2, 0.25) is 5.91 Å². The normalized spacial score (nSPS) is 22.8. The monoisotopic (exact) mass is 391 g/mol. The van der Waals surface area contributed by atoms with E-state index in [1.165, 1.54) is 4.90 Å². The zero-order valence-electron chi connectivity index (χ0n) is 15.3. The first kappa shape index (κ1) is 19.4. The lowest BCUT2D eigenvalue weighted by Crippen LogP contribution is -2.54. The van der Waals surface area contributed by atoms with Gasteiger partial charge in [-0.1, -0.05) is 12.2 Å². The third-order valence-electron chi connectivity index (χ3n) is 4.97. The van der Waals surface area contributed by atoms with Gasteiger partial charge >= 0.3 is 11.9 Å². The Hall–Kier alpha value is -2.34. The van der Waals surface area contributed by atoms with Crippen molar-refractivity contribution in [3.05, 3.63) is 41.5 Å². The van der Waals surface area contributed by atoms with E-state index in [2.05, 4.69) is 0 Å². The van der Waals surface area contributed by atoms with E-state index in [0.29, 0.717) is 17.7 Å². The smallest absolute Gasteiger partial charge is 0.338 e. The van der Waals surface area contributed by atoms with E-state index >= 15 is 0 Å². The summed E-state index contributed by atoms with van der Waals surface area (Å²) in [5, 5.41) is 0. The second-order valence-corrected chi connectivity index (χ2v) is 6.71. The van der Waals surface area contributed by atoms with Gasteiger partial charge in [0.05, 0.1) is 18.8 Å². The Morgan fingerprint density at radius 2 is 1.93 bits per heavy atom. The van der Waals surface area contributed by atoms with Crippen LogP contribution in [0.25, 0.3) is 0 Å². The van der Waals surface area contributed by atoms with E-state index in [1.54, 1.807) is 32.0 Å². The van der Waals surface area contributed by atoms with Crippen LogP contribution in [0, 0.1) is 5.92 Å². The number of hydrogen-bond acceptors (Lipinski definition) is 5. The van der Waals surface area contributed by atoms with Gasteiger partial charge in [0, 0.05) is 17.5 Å². The van der Waals surface area contributed by atoms with Gasteiger partial charge in [0.25, 0.3) is 0 Å². The average Bonchev–Trinajstić information content (AvgIpc) is 3.15. The molecule has 0 fully saturated rings. The zero-order valence-corrected chi connectivity index (χ0v) is 16.1. The van der Waals surface area contributed by atoms with Crippen LogP contribution in [-0.4, -0.2) is 43.0 Å². The molecule has 1 aromatic carbocycles. The number of ether oxygens (including phenoxy) is 2. The quantitative estimate of drug-likeness (QED) is 0.438. The topological polar surface area (TPSA) is 72.9 Å². The highest BCUT2D eigenvalue weighted by atomic mass is 35.5.